The van der Waals surface area contributed by atoms with E-state index in [9.17, 15) is 4.79 Å². The first-order chi connectivity index (χ1) is 13.2. The second-order valence-corrected chi connectivity index (χ2v) is 7.78. The summed E-state index contributed by atoms with van der Waals surface area (Å²) in [5, 5.41) is 7.48. The molecule has 0 saturated heterocycles. The third kappa shape index (κ3) is 3.31. The molecule has 0 aliphatic rings. The molecule has 4 heteroatoms. The van der Waals surface area contributed by atoms with Crippen molar-refractivity contribution >= 4 is 48.0 Å². The second-order valence-electron chi connectivity index (χ2n) is 6.73. The van der Waals surface area contributed by atoms with Crippen molar-refractivity contribution in [3.8, 4) is 0 Å². The summed E-state index contributed by atoms with van der Waals surface area (Å²) in [5.74, 6) is 0. The van der Waals surface area contributed by atoms with Crippen LogP contribution in [0.3, 0.4) is 0 Å². The molecule has 0 spiro atoms. The van der Waals surface area contributed by atoms with E-state index in [2.05, 4.69) is 48.3 Å². The maximum atomic E-state index is 13.3. The zero-order valence-electron chi connectivity index (χ0n) is 15.8. The Hall–Kier alpha value is -2.43. The summed E-state index contributed by atoms with van der Waals surface area (Å²) in [5.41, 5.74) is 1.07. The average molecular weight is 377 g/mol. The Morgan fingerprint density at radius 3 is 2.44 bits per heavy atom. The maximum absolute atomic E-state index is 13.3. The van der Waals surface area contributed by atoms with E-state index in [1.165, 1.54) is 5.39 Å². The van der Waals surface area contributed by atoms with Crippen molar-refractivity contribution in [3.63, 3.8) is 0 Å². The molecule has 1 heterocycles. The van der Waals surface area contributed by atoms with Gasteiger partial charge >= 0.3 is 0 Å². The predicted octanol–water partition coefficient (Wildman–Crippen LogP) is 5.32. The highest BCUT2D eigenvalue weighted by molar-refractivity contribution is 7.25. The van der Waals surface area contributed by atoms with Crippen LogP contribution in [0, 0.1) is 0 Å². The molecule has 27 heavy (non-hydrogen) atoms. The normalized spacial score (nSPS) is 11.7. The monoisotopic (exact) mass is 376 g/mol. The lowest BCUT2D eigenvalue weighted by Gasteiger charge is -2.19. The lowest BCUT2D eigenvalue weighted by atomic mass is 10.0. The number of nitrogens with zero attached hydrogens (tertiary/aromatic N) is 1. The van der Waals surface area contributed by atoms with E-state index < -0.39 is 0 Å². The van der Waals surface area contributed by atoms with Gasteiger partial charge in [0.25, 0.3) is 0 Å². The van der Waals surface area contributed by atoms with E-state index >= 15 is 0 Å². The minimum Gasteiger partial charge on any atom is -0.383 e. The molecule has 4 rings (SSSR count). The molecule has 3 nitrogen and oxygen atoms in total. The smallest absolute Gasteiger partial charge is 0.197 e. The van der Waals surface area contributed by atoms with E-state index in [0.717, 1.165) is 57.4 Å². The summed E-state index contributed by atoms with van der Waals surface area (Å²) < 4.78 is 2.11. The zero-order valence-corrected chi connectivity index (χ0v) is 16.6. The average Bonchev–Trinajstić information content (AvgIpc) is 2.71. The topological polar surface area (TPSA) is 32.3 Å². The van der Waals surface area contributed by atoms with E-state index in [1.807, 2.05) is 30.3 Å². The van der Waals surface area contributed by atoms with Crippen LogP contribution in [0.4, 0.5) is 5.69 Å². The first-order valence-electron chi connectivity index (χ1n) is 9.56. The Kier molecular flexibility index (Phi) is 5.10. The third-order valence-corrected chi connectivity index (χ3v) is 6.41. The molecule has 0 radical (unpaired) electrons. The van der Waals surface area contributed by atoms with Gasteiger partial charge in [0.2, 0.25) is 0 Å². The Labute approximate surface area is 163 Å². The highest BCUT2D eigenvalue weighted by atomic mass is 32.1. The highest BCUT2D eigenvalue weighted by Crippen LogP contribution is 2.35. The largest absolute Gasteiger partial charge is 0.383 e. The van der Waals surface area contributed by atoms with Gasteiger partial charge in [-0.25, -0.2) is 0 Å². The van der Waals surface area contributed by atoms with Gasteiger partial charge in [-0.3, -0.25) is 4.79 Å². The van der Waals surface area contributed by atoms with Crippen LogP contribution in [-0.2, 0) is 0 Å². The first kappa shape index (κ1) is 18.0. The van der Waals surface area contributed by atoms with E-state index in [0.29, 0.717) is 0 Å². The number of rotatable bonds is 6. The zero-order chi connectivity index (χ0) is 18.8. The summed E-state index contributed by atoms with van der Waals surface area (Å²) in [6.45, 7) is 8.22. The van der Waals surface area contributed by atoms with Crippen LogP contribution in [0.5, 0.6) is 0 Å². The van der Waals surface area contributed by atoms with Crippen LogP contribution in [-0.4, -0.2) is 31.1 Å². The SMILES string of the molecule is CCN(CC)CCNc1cc2ccccc2c2sc3ccccc3c(=O)c12. The quantitative estimate of drug-likeness (QED) is 0.365. The summed E-state index contributed by atoms with van der Waals surface area (Å²) in [4.78, 5) is 15.7. The van der Waals surface area contributed by atoms with Crippen LogP contribution < -0.4 is 10.7 Å². The second kappa shape index (κ2) is 7.67. The van der Waals surface area contributed by atoms with Gasteiger partial charge in [0, 0.05) is 33.6 Å². The highest BCUT2D eigenvalue weighted by Gasteiger charge is 2.13. The van der Waals surface area contributed by atoms with Gasteiger partial charge in [0.1, 0.15) is 0 Å². The molecular weight excluding hydrogens is 352 g/mol. The van der Waals surface area contributed by atoms with Crippen LogP contribution in [0.15, 0.2) is 59.4 Å². The first-order valence-corrected chi connectivity index (χ1v) is 10.4. The molecule has 0 unspecified atom stereocenters. The minimum absolute atomic E-state index is 0.121. The lowest BCUT2D eigenvalue weighted by molar-refractivity contribution is 0.316. The van der Waals surface area contributed by atoms with Gasteiger partial charge in [-0.1, -0.05) is 50.2 Å². The van der Waals surface area contributed by atoms with Crippen molar-refractivity contribution in [2.24, 2.45) is 0 Å². The molecule has 0 bridgehead atoms. The number of hydrogen-bond acceptors (Lipinski definition) is 4. The Morgan fingerprint density at radius 2 is 1.67 bits per heavy atom. The van der Waals surface area contributed by atoms with Crippen LogP contribution in [0.1, 0.15) is 13.8 Å². The van der Waals surface area contributed by atoms with E-state index in [1.54, 1.807) is 11.3 Å². The lowest BCUT2D eigenvalue weighted by Crippen LogP contribution is -2.28. The van der Waals surface area contributed by atoms with Gasteiger partial charge in [-0.2, -0.15) is 0 Å². The van der Waals surface area contributed by atoms with Gasteiger partial charge in [0.05, 0.1) is 5.39 Å². The summed E-state index contributed by atoms with van der Waals surface area (Å²) >= 11 is 1.71. The van der Waals surface area contributed by atoms with E-state index in [4.69, 9.17) is 0 Å². The Balaban J connectivity index is 1.91. The number of hydrogen-bond donors (Lipinski definition) is 1. The number of anilines is 1. The number of likely N-dealkylation sites (N-methyl/N-ethyl adjacent to an activating group) is 1. The van der Waals surface area contributed by atoms with Crippen molar-refractivity contribution in [1.82, 2.24) is 4.90 Å². The fourth-order valence-corrected chi connectivity index (χ4v) is 4.90. The third-order valence-electron chi connectivity index (χ3n) is 5.21. The fourth-order valence-electron chi connectivity index (χ4n) is 3.66. The molecule has 4 aromatic rings. The fraction of sp³-hybridized carbons (Fsp3) is 0.261. The van der Waals surface area contributed by atoms with Crippen molar-refractivity contribution in [2.75, 3.05) is 31.5 Å². The van der Waals surface area contributed by atoms with Gasteiger partial charge in [-0.15, -0.1) is 11.3 Å². The molecular formula is C23H24N2OS. The molecule has 3 aromatic carbocycles. The Morgan fingerprint density at radius 1 is 0.963 bits per heavy atom. The van der Waals surface area contributed by atoms with Gasteiger partial charge in [-0.05, 0) is 42.1 Å². The molecule has 0 saturated carbocycles. The molecule has 0 aliphatic heterocycles. The van der Waals surface area contributed by atoms with Crippen molar-refractivity contribution in [1.29, 1.82) is 0 Å². The minimum atomic E-state index is 0.121. The van der Waals surface area contributed by atoms with Crippen molar-refractivity contribution in [3.05, 3.63) is 64.8 Å². The molecule has 0 aliphatic carbocycles. The molecule has 1 N–H and O–H groups in total. The van der Waals surface area contributed by atoms with Gasteiger partial charge < -0.3 is 10.2 Å². The van der Waals surface area contributed by atoms with Crippen LogP contribution >= 0.6 is 11.3 Å². The van der Waals surface area contributed by atoms with Crippen molar-refractivity contribution < 1.29 is 0 Å². The summed E-state index contributed by atoms with van der Waals surface area (Å²) in [6.07, 6.45) is 0. The number of fused-ring (bicyclic) bond motifs is 4. The molecule has 1 aromatic heterocycles. The number of benzene rings is 3. The maximum Gasteiger partial charge on any atom is 0.197 e. The van der Waals surface area contributed by atoms with E-state index in [-0.39, 0.29) is 5.43 Å². The molecule has 0 amide bonds. The van der Waals surface area contributed by atoms with Crippen LogP contribution in [0.2, 0.25) is 0 Å². The number of nitrogens with one attached hydrogen (secondary N) is 1. The summed E-state index contributed by atoms with van der Waals surface area (Å²) in [7, 11) is 0. The Bertz CT molecular complexity index is 1160. The molecule has 0 atom stereocenters. The van der Waals surface area contributed by atoms with Crippen molar-refractivity contribution in [2.45, 2.75) is 13.8 Å². The summed E-state index contributed by atoms with van der Waals surface area (Å²) in [6, 6.07) is 18.4. The molecule has 138 valence electrons. The predicted molar refractivity (Wildman–Crippen MR) is 119 cm³/mol. The van der Waals surface area contributed by atoms with Crippen LogP contribution in [0.25, 0.3) is 30.9 Å². The standard InChI is InChI=1S/C23H24N2OS/c1-3-25(4-2)14-13-24-19-15-16-9-5-6-10-17(16)23-21(19)22(26)18-11-7-8-12-20(18)27-23/h5-12,15,24H,3-4,13-14H2,1-2H3. The van der Waals surface area contributed by atoms with Gasteiger partial charge in [0.15, 0.2) is 5.43 Å². The molecule has 0 fully saturated rings.